The van der Waals surface area contributed by atoms with Gasteiger partial charge in [-0.1, -0.05) is 19.9 Å². The average Bonchev–Trinajstić information content (AvgIpc) is 2.53. The molecule has 1 aromatic rings. The van der Waals surface area contributed by atoms with Gasteiger partial charge in [-0.2, -0.15) is 0 Å². The molecule has 2 rings (SSSR count). The Bertz CT molecular complexity index is 535. The third-order valence-corrected chi connectivity index (χ3v) is 4.40. The van der Waals surface area contributed by atoms with Crippen molar-refractivity contribution in [2.24, 2.45) is 5.92 Å². The third kappa shape index (κ3) is 5.25. The molecule has 1 aromatic carbocycles. The van der Waals surface area contributed by atoms with Gasteiger partial charge in [-0.05, 0) is 31.4 Å². The van der Waals surface area contributed by atoms with E-state index in [1.54, 1.807) is 0 Å². The SMILES string of the molecule is C=CCc1cc(OCC)cc(CN2CCN(CC(C)C)CC2)c1O. The van der Waals surface area contributed by atoms with Crippen LogP contribution < -0.4 is 4.74 Å². The molecule has 0 amide bonds. The molecule has 0 aromatic heterocycles. The van der Waals surface area contributed by atoms with Gasteiger partial charge in [0.25, 0.3) is 0 Å². The van der Waals surface area contributed by atoms with Crippen molar-refractivity contribution in [3.05, 3.63) is 35.9 Å². The number of nitrogens with zero attached hydrogens (tertiary/aromatic N) is 2. The summed E-state index contributed by atoms with van der Waals surface area (Å²) in [6.07, 6.45) is 2.47. The Kier molecular flexibility index (Phi) is 7.13. The summed E-state index contributed by atoms with van der Waals surface area (Å²) in [5, 5.41) is 10.6. The molecule has 1 aliphatic heterocycles. The van der Waals surface area contributed by atoms with Crippen LogP contribution in [0.1, 0.15) is 31.9 Å². The Balaban J connectivity index is 2.04. The molecule has 1 N–H and O–H groups in total. The number of phenolic OH excluding ortho intramolecular Hbond substituents is 1. The molecule has 0 bridgehead atoms. The van der Waals surface area contributed by atoms with Gasteiger partial charge in [0, 0.05) is 50.4 Å². The number of rotatable bonds is 8. The highest BCUT2D eigenvalue weighted by atomic mass is 16.5. The summed E-state index contributed by atoms with van der Waals surface area (Å²) in [4.78, 5) is 4.94. The Morgan fingerprint density at radius 3 is 2.38 bits per heavy atom. The smallest absolute Gasteiger partial charge is 0.123 e. The fraction of sp³-hybridized carbons (Fsp3) is 0.600. The molecule has 0 aliphatic carbocycles. The van der Waals surface area contributed by atoms with Gasteiger partial charge in [-0.3, -0.25) is 4.90 Å². The standard InChI is InChI=1S/C20H32N2O2/c1-5-7-17-12-19(24-6-2)13-18(20(17)23)15-22-10-8-21(9-11-22)14-16(3)4/h5,12-13,16,23H,1,6-11,14-15H2,2-4H3. The Morgan fingerprint density at radius 1 is 1.17 bits per heavy atom. The highest BCUT2D eigenvalue weighted by Gasteiger charge is 2.19. The summed E-state index contributed by atoms with van der Waals surface area (Å²) >= 11 is 0. The van der Waals surface area contributed by atoms with Gasteiger partial charge in [-0.25, -0.2) is 0 Å². The Labute approximate surface area is 146 Å². The lowest BCUT2D eigenvalue weighted by atomic mass is 10.0. The van der Waals surface area contributed by atoms with E-state index in [1.165, 1.54) is 6.54 Å². The van der Waals surface area contributed by atoms with Crippen molar-refractivity contribution in [1.29, 1.82) is 0 Å². The summed E-state index contributed by atoms with van der Waals surface area (Å²) in [6, 6.07) is 3.90. The summed E-state index contributed by atoms with van der Waals surface area (Å²) in [7, 11) is 0. The fourth-order valence-corrected chi connectivity index (χ4v) is 3.30. The second-order valence-corrected chi connectivity index (χ2v) is 6.99. The Morgan fingerprint density at radius 2 is 1.79 bits per heavy atom. The maximum atomic E-state index is 10.6. The minimum absolute atomic E-state index is 0.392. The highest BCUT2D eigenvalue weighted by Crippen LogP contribution is 2.30. The van der Waals surface area contributed by atoms with Gasteiger partial charge in [-0.15, -0.1) is 6.58 Å². The molecule has 1 fully saturated rings. The van der Waals surface area contributed by atoms with E-state index in [1.807, 2.05) is 25.1 Å². The van der Waals surface area contributed by atoms with Crippen LogP contribution in [0.2, 0.25) is 0 Å². The molecule has 134 valence electrons. The van der Waals surface area contributed by atoms with E-state index in [-0.39, 0.29) is 0 Å². The third-order valence-electron chi connectivity index (χ3n) is 4.40. The van der Waals surface area contributed by atoms with E-state index < -0.39 is 0 Å². The number of hydrogen-bond acceptors (Lipinski definition) is 4. The van der Waals surface area contributed by atoms with Crippen molar-refractivity contribution < 1.29 is 9.84 Å². The first-order valence-corrected chi connectivity index (χ1v) is 9.06. The number of ether oxygens (including phenoxy) is 1. The average molecular weight is 332 g/mol. The summed E-state index contributed by atoms with van der Waals surface area (Å²) in [5.74, 6) is 1.94. The molecule has 0 radical (unpaired) electrons. The fourth-order valence-electron chi connectivity index (χ4n) is 3.30. The first kappa shape index (κ1) is 18.8. The topological polar surface area (TPSA) is 35.9 Å². The monoisotopic (exact) mass is 332 g/mol. The van der Waals surface area contributed by atoms with Crippen LogP contribution in [0.25, 0.3) is 0 Å². The molecule has 0 atom stereocenters. The lowest BCUT2D eigenvalue weighted by Gasteiger charge is -2.35. The zero-order chi connectivity index (χ0) is 17.5. The van der Waals surface area contributed by atoms with Crippen LogP contribution in [-0.4, -0.2) is 54.2 Å². The van der Waals surface area contributed by atoms with E-state index in [0.29, 0.717) is 24.7 Å². The van der Waals surface area contributed by atoms with E-state index >= 15 is 0 Å². The van der Waals surface area contributed by atoms with E-state index in [9.17, 15) is 5.11 Å². The molecule has 4 nitrogen and oxygen atoms in total. The van der Waals surface area contributed by atoms with Crippen molar-refractivity contribution in [2.45, 2.75) is 33.7 Å². The quantitative estimate of drug-likeness (QED) is 0.741. The number of phenols is 1. The van der Waals surface area contributed by atoms with E-state index in [2.05, 4.69) is 30.2 Å². The number of piperazine rings is 1. The minimum atomic E-state index is 0.392. The number of allylic oxidation sites excluding steroid dienone is 1. The van der Waals surface area contributed by atoms with Crippen LogP contribution in [0.15, 0.2) is 24.8 Å². The number of aromatic hydroxyl groups is 1. The maximum Gasteiger partial charge on any atom is 0.123 e. The number of hydrogen-bond donors (Lipinski definition) is 1. The van der Waals surface area contributed by atoms with Gasteiger partial charge in [0.2, 0.25) is 0 Å². The summed E-state index contributed by atoms with van der Waals surface area (Å²) in [5.41, 5.74) is 1.85. The zero-order valence-corrected chi connectivity index (χ0v) is 15.4. The first-order valence-electron chi connectivity index (χ1n) is 9.06. The summed E-state index contributed by atoms with van der Waals surface area (Å²) in [6.45, 7) is 17.2. The number of benzene rings is 1. The van der Waals surface area contributed by atoms with Crippen molar-refractivity contribution in [1.82, 2.24) is 9.80 Å². The van der Waals surface area contributed by atoms with Crippen molar-refractivity contribution in [2.75, 3.05) is 39.3 Å². The first-order chi connectivity index (χ1) is 11.5. The van der Waals surface area contributed by atoms with Gasteiger partial charge < -0.3 is 14.7 Å². The molecule has 0 saturated carbocycles. The predicted molar refractivity (Wildman–Crippen MR) is 99.7 cm³/mol. The molecular formula is C20H32N2O2. The van der Waals surface area contributed by atoms with Gasteiger partial charge in [0.15, 0.2) is 0 Å². The second-order valence-electron chi connectivity index (χ2n) is 6.99. The van der Waals surface area contributed by atoms with Crippen LogP contribution in [0.5, 0.6) is 11.5 Å². The van der Waals surface area contributed by atoms with Crippen LogP contribution in [0.3, 0.4) is 0 Å². The molecule has 0 unspecified atom stereocenters. The van der Waals surface area contributed by atoms with E-state index in [0.717, 1.165) is 49.6 Å². The van der Waals surface area contributed by atoms with Crippen molar-refractivity contribution in [3.8, 4) is 11.5 Å². The van der Waals surface area contributed by atoms with Crippen LogP contribution >= 0.6 is 0 Å². The molecule has 24 heavy (non-hydrogen) atoms. The summed E-state index contributed by atoms with van der Waals surface area (Å²) < 4.78 is 5.67. The predicted octanol–water partition coefficient (Wildman–Crippen LogP) is 3.29. The largest absolute Gasteiger partial charge is 0.507 e. The van der Waals surface area contributed by atoms with Crippen molar-refractivity contribution >= 4 is 0 Å². The van der Waals surface area contributed by atoms with Gasteiger partial charge in [0.1, 0.15) is 11.5 Å². The lowest BCUT2D eigenvalue weighted by Crippen LogP contribution is -2.46. The van der Waals surface area contributed by atoms with Gasteiger partial charge >= 0.3 is 0 Å². The molecular weight excluding hydrogens is 300 g/mol. The normalized spacial score (nSPS) is 16.5. The molecule has 0 spiro atoms. The second kappa shape index (κ2) is 9.09. The maximum absolute atomic E-state index is 10.6. The molecule has 1 saturated heterocycles. The molecule has 4 heteroatoms. The molecule has 1 aliphatic rings. The van der Waals surface area contributed by atoms with Crippen LogP contribution in [-0.2, 0) is 13.0 Å². The zero-order valence-electron chi connectivity index (χ0n) is 15.4. The highest BCUT2D eigenvalue weighted by molar-refractivity contribution is 5.47. The van der Waals surface area contributed by atoms with E-state index in [4.69, 9.17) is 4.74 Å². The minimum Gasteiger partial charge on any atom is -0.507 e. The van der Waals surface area contributed by atoms with Crippen LogP contribution in [0.4, 0.5) is 0 Å². The lowest BCUT2D eigenvalue weighted by molar-refractivity contribution is 0.117. The Hall–Kier alpha value is -1.52. The van der Waals surface area contributed by atoms with Crippen LogP contribution in [0, 0.1) is 5.92 Å². The van der Waals surface area contributed by atoms with Gasteiger partial charge in [0.05, 0.1) is 6.61 Å². The molecule has 1 heterocycles. The van der Waals surface area contributed by atoms with Crippen molar-refractivity contribution in [3.63, 3.8) is 0 Å².